The predicted octanol–water partition coefficient (Wildman–Crippen LogP) is 2.39. The number of hydrogen-bond acceptors (Lipinski definition) is 4. The summed E-state index contributed by atoms with van der Waals surface area (Å²) in [5, 5.41) is 0. The fourth-order valence-electron chi connectivity index (χ4n) is 3.95. The van der Waals surface area contributed by atoms with Gasteiger partial charge >= 0.3 is 0 Å². The lowest BCUT2D eigenvalue weighted by molar-refractivity contribution is -0.138. The molecule has 0 radical (unpaired) electrons. The molecule has 25 heavy (non-hydrogen) atoms. The first-order valence-corrected chi connectivity index (χ1v) is 8.92. The number of carbonyl (C=O) groups excluding carboxylic acids is 2. The van der Waals surface area contributed by atoms with Gasteiger partial charge in [0.2, 0.25) is 0 Å². The van der Waals surface area contributed by atoms with Crippen molar-refractivity contribution < 1.29 is 14.3 Å². The van der Waals surface area contributed by atoms with Crippen molar-refractivity contribution in [2.45, 2.75) is 20.3 Å². The van der Waals surface area contributed by atoms with E-state index in [4.69, 9.17) is 4.74 Å². The Morgan fingerprint density at radius 1 is 1.04 bits per heavy atom. The largest absolute Gasteiger partial charge is 0.383 e. The number of likely N-dealkylation sites (tertiary alicyclic amines) is 1. The summed E-state index contributed by atoms with van der Waals surface area (Å²) in [6.45, 7) is 6.66. The lowest BCUT2D eigenvalue weighted by Gasteiger charge is -2.37. The first-order chi connectivity index (χ1) is 12.0. The topological polar surface area (TPSA) is 49.9 Å². The fraction of sp³-hybridized carbons (Fsp3) is 0.500. The molecule has 134 valence electrons. The number of rotatable bonds is 5. The molecule has 5 heteroatoms. The third-order valence-electron chi connectivity index (χ3n) is 4.91. The fourth-order valence-corrected chi connectivity index (χ4v) is 3.95. The Morgan fingerprint density at radius 2 is 1.68 bits per heavy atom. The second kappa shape index (κ2) is 7.40. The summed E-state index contributed by atoms with van der Waals surface area (Å²) in [6, 6.07) is 9.51. The van der Waals surface area contributed by atoms with Gasteiger partial charge in [0.25, 0.3) is 11.8 Å². The molecular weight excluding hydrogens is 316 g/mol. The van der Waals surface area contributed by atoms with Crippen LogP contribution >= 0.6 is 0 Å². The SMILES string of the molecule is COCCN1C(=O)C(c2ccccc2)=C(N2CC(C)CC(C)C2)C1=O. The van der Waals surface area contributed by atoms with Crippen molar-refractivity contribution in [1.82, 2.24) is 9.80 Å². The minimum absolute atomic E-state index is 0.192. The van der Waals surface area contributed by atoms with Crippen LogP contribution in [0.15, 0.2) is 36.0 Å². The Kier molecular flexibility index (Phi) is 5.23. The van der Waals surface area contributed by atoms with Gasteiger partial charge in [0.05, 0.1) is 18.7 Å². The molecule has 1 aromatic rings. The zero-order valence-corrected chi connectivity index (χ0v) is 15.2. The van der Waals surface area contributed by atoms with Crippen molar-refractivity contribution >= 4 is 17.4 Å². The Morgan fingerprint density at radius 3 is 2.28 bits per heavy atom. The normalized spacial score (nSPS) is 24.4. The zero-order valence-electron chi connectivity index (χ0n) is 15.2. The van der Waals surface area contributed by atoms with Crippen LogP contribution in [0.3, 0.4) is 0 Å². The standard InChI is InChI=1S/C20H26N2O3/c1-14-11-15(2)13-21(12-14)18-17(16-7-5-4-6-8-16)19(23)22(20(18)24)9-10-25-3/h4-8,14-15H,9-13H2,1-3H3. The van der Waals surface area contributed by atoms with Crippen molar-refractivity contribution in [1.29, 1.82) is 0 Å². The highest BCUT2D eigenvalue weighted by molar-refractivity contribution is 6.35. The maximum atomic E-state index is 13.1. The number of piperidine rings is 1. The first-order valence-electron chi connectivity index (χ1n) is 8.92. The quantitative estimate of drug-likeness (QED) is 0.771. The lowest BCUT2D eigenvalue weighted by Crippen LogP contribution is -2.42. The number of hydrogen-bond donors (Lipinski definition) is 0. The summed E-state index contributed by atoms with van der Waals surface area (Å²) < 4.78 is 5.08. The molecule has 1 aromatic carbocycles. The molecule has 1 saturated heterocycles. The molecule has 0 aliphatic carbocycles. The van der Waals surface area contributed by atoms with E-state index in [9.17, 15) is 9.59 Å². The smallest absolute Gasteiger partial charge is 0.277 e. The van der Waals surface area contributed by atoms with E-state index in [1.54, 1.807) is 7.11 Å². The monoisotopic (exact) mass is 342 g/mol. The van der Waals surface area contributed by atoms with Crippen LogP contribution in [0, 0.1) is 11.8 Å². The summed E-state index contributed by atoms with van der Waals surface area (Å²) in [4.78, 5) is 29.5. The third-order valence-corrected chi connectivity index (χ3v) is 4.91. The van der Waals surface area contributed by atoms with E-state index >= 15 is 0 Å². The highest BCUT2D eigenvalue weighted by Crippen LogP contribution is 2.34. The van der Waals surface area contributed by atoms with Crippen molar-refractivity contribution in [3.63, 3.8) is 0 Å². The highest BCUT2D eigenvalue weighted by atomic mass is 16.5. The van der Waals surface area contributed by atoms with Crippen LogP contribution in [0.1, 0.15) is 25.8 Å². The van der Waals surface area contributed by atoms with Gasteiger partial charge < -0.3 is 9.64 Å². The highest BCUT2D eigenvalue weighted by Gasteiger charge is 2.42. The van der Waals surface area contributed by atoms with Gasteiger partial charge in [0, 0.05) is 20.2 Å². The van der Waals surface area contributed by atoms with Gasteiger partial charge in [0.15, 0.2) is 0 Å². The van der Waals surface area contributed by atoms with E-state index in [1.807, 2.05) is 30.3 Å². The van der Waals surface area contributed by atoms with Crippen molar-refractivity contribution in [2.24, 2.45) is 11.8 Å². The van der Waals surface area contributed by atoms with Gasteiger partial charge in [-0.15, -0.1) is 0 Å². The summed E-state index contributed by atoms with van der Waals surface area (Å²) in [6.07, 6.45) is 1.15. The van der Waals surface area contributed by atoms with Crippen LogP contribution in [0.4, 0.5) is 0 Å². The number of amides is 2. The molecule has 2 amide bonds. The number of methoxy groups -OCH3 is 1. The molecule has 2 unspecified atom stereocenters. The Balaban J connectivity index is 2.02. The molecule has 0 N–H and O–H groups in total. The van der Waals surface area contributed by atoms with Gasteiger partial charge in [-0.2, -0.15) is 0 Å². The molecule has 2 atom stereocenters. The number of imide groups is 1. The van der Waals surface area contributed by atoms with Crippen molar-refractivity contribution in [2.75, 3.05) is 33.4 Å². The minimum atomic E-state index is -0.214. The Bertz CT molecular complexity index is 673. The maximum absolute atomic E-state index is 13.1. The summed E-state index contributed by atoms with van der Waals surface area (Å²) in [5.74, 6) is 0.602. The van der Waals surface area contributed by atoms with Crippen LogP contribution in [0.2, 0.25) is 0 Å². The van der Waals surface area contributed by atoms with Crippen LogP contribution in [0.5, 0.6) is 0 Å². The molecule has 2 aliphatic rings. The molecule has 2 aliphatic heterocycles. The van der Waals surface area contributed by atoms with Crippen molar-refractivity contribution in [3.8, 4) is 0 Å². The van der Waals surface area contributed by atoms with Crippen LogP contribution in [-0.4, -0.2) is 55.0 Å². The lowest BCUT2D eigenvalue weighted by atomic mass is 9.91. The first kappa shape index (κ1) is 17.7. The number of carbonyl (C=O) groups is 2. The molecule has 1 fully saturated rings. The molecule has 0 aromatic heterocycles. The van der Waals surface area contributed by atoms with E-state index < -0.39 is 0 Å². The minimum Gasteiger partial charge on any atom is -0.383 e. The summed E-state index contributed by atoms with van der Waals surface area (Å²) in [5.41, 5.74) is 1.90. The zero-order chi connectivity index (χ0) is 18.0. The number of ether oxygens (including phenoxy) is 1. The van der Waals surface area contributed by atoms with Crippen LogP contribution in [-0.2, 0) is 14.3 Å². The van der Waals surface area contributed by atoms with Gasteiger partial charge in [-0.1, -0.05) is 44.2 Å². The number of benzene rings is 1. The molecule has 5 nitrogen and oxygen atoms in total. The molecule has 0 spiro atoms. The van der Waals surface area contributed by atoms with Gasteiger partial charge in [-0.05, 0) is 23.8 Å². The average Bonchev–Trinajstić information content (AvgIpc) is 2.83. The maximum Gasteiger partial charge on any atom is 0.277 e. The van der Waals surface area contributed by atoms with E-state index in [1.165, 1.54) is 4.90 Å². The second-order valence-corrected chi connectivity index (χ2v) is 7.20. The average molecular weight is 342 g/mol. The van der Waals surface area contributed by atoms with Gasteiger partial charge in [-0.25, -0.2) is 0 Å². The Hall–Kier alpha value is -2.14. The second-order valence-electron chi connectivity index (χ2n) is 7.20. The van der Waals surface area contributed by atoms with E-state index in [0.29, 0.717) is 29.7 Å². The van der Waals surface area contributed by atoms with E-state index in [0.717, 1.165) is 25.1 Å². The predicted molar refractivity (Wildman–Crippen MR) is 96.5 cm³/mol. The van der Waals surface area contributed by atoms with Crippen LogP contribution in [0.25, 0.3) is 5.57 Å². The van der Waals surface area contributed by atoms with Gasteiger partial charge in [0.1, 0.15) is 5.70 Å². The van der Waals surface area contributed by atoms with Crippen LogP contribution < -0.4 is 0 Å². The molecule has 0 bridgehead atoms. The molecule has 0 saturated carbocycles. The molecule has 2 heterocycles. The van der Waals surface area contributed by atoms with Crippen molar-refractivity contribution in [3.05, 3.63) is 41.6 Å². The molecule has 3 rings (SSSR count). The Labute approximate surface area is 149 Å². The van der Waals surface area contributed by atoms with E-state index in [2.05, 4.69) is 18.7 Å². The summed E-state index contributed by atoms with van der Waals surface area (Å²) >= 11 is 0. The molecular formula is C20H26N2O3. The third kappa shape index (κ3) is 3.47. The summed E-state index contributed by atoms with van der Waals surface area (Å²) in [7, 11) is 1.57. The number of nitrogens with zero attached hydrogens (tertiary/aromatic N) is 2. The van der Waals surface area contributed by atoms with Gasteiger partial charge in [-0.3, -0.25) is 14.5 Å². The van der Waals surface area contributed by atoms with E-state index in [-0.39, 0.29) is 18.4 Å².